The molecule has 0 aromatic carbocycles. The maximum absolute atomic E-state index is 4.41. The van der Waals surface area contributed by atoms with Crippen molar-refractivity contribution in [3.63, 3.8) is 0 Å². The first-order valence-corrected chi connectivity index (χ1v) is 8.18. The van der Waals surface area contributed by atoms with E-state index in [2.05, 4.69) is 46.3 Å². The number of rotatable bonds is 5. The highest BCUT2D eigenvalue weighted by atomic mass is 15.0. The average molecular weight is 283 g/mol. The maximum Gasteiger partial charge on any atom is 0.0421 e. The van der Waals surface area contributed by atoms with E-state index in [1.165, 1.54) is 36.9 Å². The van der Waals surface area contributed by atoms with Crippen LogP contribution in [0.25, 0.3) is 0 Å². The molecule has 1 atom stereocenters. The summed E-state index contributed by atoms with van der Waals surface area (Å²) in [7, 11) is 0. The number of fused-ring (bicyclic) bond motifs is 1. The molecule has 0 bridgehead atoms. The Bertz CT molecular complexity index is 559. The second-order valence-corrected chi connectivity index (χ2v) is 5.90. The van der Waals surface area contributed by atoms with Crippen LogP contribution in [-0.2, 0) is 19.4 Å². The molecule has 3 rings (SSSR count). The number of aryl methyl sites for hydroxylation is 3. The molecule has 3 heteroatoms. The van der Waals surface area contributed by atoms with Gasteiger partial charge in [-0.2, -0.15) is 0 Å². The Kier molecular flexibility index (Phi) is 4.71. The summed E-state index contributed by atoms with van der Waals surface area (Å²) in [5.41, 5.74) is 4.24. The minimum Gasteiger partial charge on any atom is -0.353 e. The van der Waals surface area contributed by atoms with Crippen molar-refractivity contribution in [3.8, 4) is 0 Å². The molecule has 2 heterocycles. The summed E-state index contributed by atoms with van der Waals surface area (Å²) in [5.74, 6) is 0. The Labute approximate surface area is 127 Å². The number of pyridine rings is 1. The van der Waals surface area contributed by atoms with Gasteiger partial charge in [-0.05, 0) is 49.1 Å². The lowest BCUT2D eigenvalue weighted by Crippen LogP contribution is -2.20. The summed E-state index contributed by atoms with van der Waals surface area (Å²) in [6, 6.07) is 6.69. The van der Waals surface area contributed by atoms with Crippen LogP contribution >= 0.6 is 0 Å². The molecular weight excluding hydrogens is 258 g/mol. The Balaban J connectivity index is 1.71. The van der Waals surface area contributed by atoms with Crippen molar-refractivity contribution >= 4 is 0 Å². The molecule has 1 aliphatic carbocycles. The smallest absolute Gasteiger partial charge is 0.0421 e. The molecule has 0 spiro atoms. The van der Waals surface area contributed by atoms with Gasteiger partial charge >= 0.3 is 0 Å². The molecule has 21 heavy (non-hydrogen) atoms. The van der Waals surface area contributed by atoms with E-state index < -0.39 is 0 Å². The lowest BCUT2D eigenvalue weighted by atomic mass is 10.0. The molecule has 1 N–H and O–H groups in total. The van der Waals surface area contributed by atoms with E-state index >= 15 is 0 Å². The van der Waals surface area contributed by atoms with Gasteiger partial charge in [0.2, 0.25) is 0 Å². The van der Waals surface area contributed by atoms with Crippen LogP contribution < -0.4 is 5.32 Å². The van der Waals surface area contributed by atoms with Gasteiger partial charge in [0.15, 0.2) is 0 Å². The lowest BCUT2D eigenvalue weighted by molar-refractivity contribution is 0.501. The molecule has 3 nitrogen and oxygen atoms in total. The van der Waals surface area contributed by atoms with Crippen molar-refractivity contribution in [2.75, 3.05) is 6.54 Å². The third kappa shape index (κ3) is 3.53. The molecule has 0 amide bonds. The van der Waals surface area contributed by atoms with Crippen molar-refractivity contribution in [2.24, 2.45) is 0 Å². The fourth-order valence-corrected chi connectivity index (χ4v) is 3.29. The zero-order chi connectivity index (χ0) is 14.5. The number of hydrogen-bond acceptors (Lipinski definition) is 2. The van der Waals surface area contributed by atoms with Crippen LogP contribution in [0.4, 0.5) is 0 Å². The topological polar surface area (TPSA) is 29.9 Å². The van der Waals surface area contributed by atoms with Gasteiger partial charge < -0.3 is 9.88 Å². The fourth-order valence-electron chi connectivity index (χ4n) is 3.29. The largest absolute Gasteiger partial charge is 0.353 e. The van der Waals surface area contributed by atoms with Crippen LogP contribution in [0.2, 0.25) is 0 Å². The van der Waals surface area contributed by atoms with Crippen LogP contribution in [0.15, 0.2) is 36.8 Å². The van der Waals surface area contributed by atoms with Gasteiger partial charge in [-0.25, -0.2) is 0 Å². The van der Waals surface area contributed by atoms with E-state index in [-0.39, 0.29) is 0 Å². The van der Waals surface area contributed by atoms with Crippen LogP contribution in [0, 0.1) is 0 Å². The highest BCUT2D eigenvalue weighted by Gasteiger charge is 2.19. The fraction of sp³-hybridized carbons (Fsp3) is 0.500. The zero-order valence-corrected chi connectivity index (χ0v) is 12.9. The molecule has 0 saturated heterocycles. The molecule has 0 radical (unpaired) electrons. The molecule has 112 valence electrons. The van der Waals surface area contributed by atoms with E-state index in [1.54, 1.807) is 5.56 Å². The molecule has 0 fully saturated rings. The minimum absolute atomic E-state index is 0.545. The first-order chi connectivity index (χ1) is 10.4. The molecule has 1 unspecified atom stereocenters. The van der Waals surface area contributed by atoms with Gasteiger partial charge in [0.05, 0.1) is 0 Å². The van der Waals surface area contributed by atoms with Crippen LogP contribution in [0.3, 0.4) is 0 Å². The van der Waals surface area contributed by atoms with Crippen LogP contribution in [-0.4, -0.2) is 16.1 Å². The van der Waals surface area contributed by atoms with Gasteiger partial charge in [-0.15, -0.1) is 0 Å². The summed E-state index contributed by atoms with van der Waals surface area (Å²) in [6.07, 6.45) is 12.7. The SMILES string of the molecule is CCNC1CCCCc2cn(CCc3ccccn3)cc21. The third-order valence-electron chi connectivity index (χ3n) is 4.36. The first kappa shape index (κ1) is 14.3. The van der Waals surface area contributed by atoms with E-state index in [9.17, 15) is 0 Å². The first-order valence-electron chi connectivity index (χ1n) is 8.18. The average Bonchev–Trinajstić information content (AvgIpc) is 2.84. The van der Waals surface area contributed by atoms with E-state index in [4.69, 9.17) is 0 Å². The predicted molar refractivity (Wildman–Crippen MR) is 86.3 cm³/mol. The minimum atomic E-state index is 0.545. The van der Waals surface area contributed by atoms with Gasteiger partial charge in [0.1, 0.15) is 0 Å². The molecule has 1 aliphatic rings. The van der Waals surface area contributed by atoms with Gasteiger partial charge in [0, 0.05) is 43.3 Å². The monoisotopic (exact) mass is 283 g/mol. The highest BCUT2D eigenvalue weighted by Crippen LogP contribution is 2.29. The van der Waals surface area contributed by atoms with Crippen molar-refractivity contribution in [1.29, 1.82) is 0 Å². The zero-order valence-electron chi connectivity index (χ0n) is 12.9. The second kappa shape index (κ2) is 6.90. The van der Waals surface area contributed by atoms with Crippen molar-refractivity contribution in [1.82, 2.24) is 14.9 Å². The summed E-state index contributed by atoms with van der Waals surface area (Å²) in [4.78, 5) is 4.41. The quantitative estimate of drug-likeness (QED) is 0.851. The van der Waals surface area contributed by atoms with Gasteiger partial charge in [0.25, 0.3) is 0 Å². The summed E-state index contributed by atoms with van der Waals surface area (Å²) < 4.78 is 2.36. The maximum atomic E-state index is 4.41. The van der Waals surface area contributed by atoms with E-state index in [1.807, 2.05) is 12.3 Å². The number of nitrogens with one attached hydrogen (secondary N) is 1. The van der Waals surface area contributed by atoms with Crippen LogP contribution in [0.1, 0.15) is 49.0 Å². The standard InChI is InChI=1S/C18H25N3/c1-2-19-18-9-4-3-7-15-13-21(14-17(15)18)12-10-16-8-5-6-11-20-16/h5-6,8,11,13-14,18-19H,2-4,7,9-10,12H2,1H3. The third-order valence-corrected chi connectivity index (χ3v) is 4.36. The Morgan fingerprint density at radius 3 is 3.05 bits per heavy atom. The Morgan fingerprint density at radius 1 is 1.29 bits per heavy atom. The molecule has 2 aromatic rings. The Morgan fingerprint density at radius 2 is 2.24 bits per heavy atom. The second-order valence-electron chi connectivity index (χ2n) is 5.90. The van der Waals surface area contributed by atoms with E-state index in [0.717, 1.165) is 19.5 Å². The van der Waals surface area contributed by atoms with Crippen molar-refractivity contribution < 1.29 is 0 Å². The van der Waals surface area contributed by atoms with Gasteiger partial charge in [-0.1, -0.05) is 19.4 Å². The van der Waals surface area contributed by atoms with Gasteiger partial charge in [-0.3, -0.25) is 4.98 Å². The number of nitrogens with zero attached hydrogens (tertiary/aromatic N) is 2. The molecule has 2 aromatic heterocycles. The summed E-state index contributed by atoms with van der Waals surface area (Å²) in [5, 5.41) is 3.64. The van der Waals surface area contributed by atoms with Crippen LogP contribution in [0.5, 0.6) is 0 Å². The normalized spacial score (nSPS) is 18.2. The predicted octanol–water partition coefficient (Wildman–Crippen LogP) is 3.50. The van der Waals surface area contributed by atoms with Crippen molar-refractivity contribution in [2.45, 2.75) is 51.6 Å². The molecular formula is C18H25N3. The molecule has 0 aliphatic heterocycles. The van der Waals surface area contributed by atoms with Crippen molar-refractivity contribution in [3.05, 3.63) is 53.6 Å². The number of hydrogen-bond donors (Lipinski definition) is 1. The summed E-state index contributed by atoms with van der Waals surface area (Å²) >= 11 is 0. The highest BCUT2D eigenvalue weighted by molar-refractivity contribution is 5.29. The van der Waals surface area contributed by atoms with E-state index in [0.29, 0.717) is 6.04 Å². The number of aromatic nitrogens is 2. The summed E-state index contributed by atoms with van der Waals surface area (Å²) in [6.45, 7) is 4.26. The molecule has 0 saturated carbocycles. The lowest BCUT2D eigenvalue weighted by Gasteiger charge is -2.15. The Hall–Kier alpha value is -1.61.